The standard InChI is InChI=1S/C25H27N7O/c1-2-4-16-10-12-28-20(15-16)30-25(33)18-8-6-17(7-9-18)21-22-23(26)29-13-14-32(22)24(31-21)19-5-3-11-27-19/h6-10,12-15,19,27H,2-5,11H2,1H3,(H2,26,29)(H,28,30,33). The lowest BCUT2D eigenvalue weighted by Gasteiger charge is -2.08. The van der Waals surface area contributed by atoms with E-state index >= 15 is 0 Å². The van der Waals surface area contributed by atoms with Crippen LogP contribution in [0.2, 0.25) is 0 Å². The normalized spacial score (nSPS) is 15.7. The van der Waals surface area contributed by atoms with Crippen LogP contribution < -0.4 is 16.4 Å². The number of hydrogen-bond donors (Lipinski definition) is 3. The van der Waals surface area contributed by atoms with Gasteiger partial charge in [0, 0.05) is 29.7 Å². The number of carbonyl (C=O) groups excluding carboxylic acids is 1. The first kappa shape index (κ1) is 21.1. The van der Waals surface area contributed by atoms with Crippen LogP contribution in [0, 0.1) is 0 Å². The second-order valence-corrected chi connectivity index (χ2v) is 8.33. The number of carbonyl (C=O) groups is 1. The Morgan fingerprint density at radius 2 is 2.06 bits per heavy atom. The predicted molar refractivity (Wildman–Crippen MR) is 129 cm³/mol. The fourth-order valence-electron chi connectivity index (χ4n) is 4.39. The molecular weight excluding hydrogens is 414 g/mol. The largest absolute Gasteiger partial charge is 0.382 e. The Labute approximate surface area is 192 Å². The number of nitrogens with one attached hydrogen (secondary N) is 2. The van der Waals surface area contributed by atoms with Gasteiger partial charge in [0.1, 0.15) is 28.7 Å². The minimum atomic E-state index is -0.200. The van der Waals surface area contributed by atoms with Crippen molar-refractivity contribution in [1.29, 1.82) is 0 Å². The fraction of sp³-hybridized carbons (Fsp3) is 0.280. The summed E-state index contributed by atoms with van der Waals surface area (Å²) in [5, 5.41) is 6.39. The van der Waals surface area contributed by atoms with Crippen molar-refractivity contribution in [3.05, 3.63) is 71.9 Å². The Hall–Kier alpha value is -3.78. The van der Waals surface area contributed by atoms with Crippen LogP contribution in [0.5, 0.6) is 0 Å². The number of amides is 1. The first-order valence-corrected chi connectivity index (χ1v) is 11.4. The van der Waals surface area contributed by atoms with Crippen LogP contribution in [0.3, 0.4) is 0 Å². The quantitative estimate of drug-likeness (QED) is 0.417. The van der Waals surface area contributed by atoms with E-state index < -0.39 is 0 Å². The highest BCUT2D eigenvalue weighted by Crippen LogP contribution is 2.32. The molecule has 0 spiro atoms. The molecule has 1 aliphatic rings. The van der Waals surface area contributed by atoms with Gasteiger partial charge in [0.05, 0.1) is 6.04 Å². The fourth-order valence-corrected chi connectivity index (χ4v) is 4.39. The van der Waals surface area contributed by atoms with Crippen molar-refractivity contribution in [1.82, 2.24) is 24.7 Å². The molecule has 168 valence electrons. The third kappa shape index (κ3) is 4.17. The van der Waals surface area contributed by atoms with Gasteiger partial charge in [-0.25, -0.2) is 15.0 Å². The van der Waals surface area contributed by atoms with Crippen LogP contribution >= 0.6 is 0 Å². The second-order valence-electron chi connectivity index (χ2n) is 8.33. The number of fused-ring (bicyclic) bond motifs is 1. The molecule has 1 atom stereocenters. The van der Waals surface area contributed by atoms with Crippen molar-refractivity contribution in [2.24, 2.45) is 0 Å². The smallest absolute Gasteiger partial charge is 0.256 e. The monoisotopic (exact) mass is 441 g/mol. The molecule has 0 radical (unpaired) electrons. The highest BCUT2D eigenvalue weighted by molar-refractivity contribution is 6.04. The van der Waals surface area contributed by atoms with Crippen LogP contribution in [0.15, 0.2) is 55.0 Å². The van der Waals surface area contributed by atoms with Crippen molar-refractivity contribution in [2.45, 2.75) is 38.6 Å². The van der Waals surface area contributed by atoms with Crippen LogP contribution in [0.1, 0.15) is 54.0 Å². The summed E-state index contributed by atoms with van der Waals surface area (Å²) in [6, 6.07) is 11.5. The van der Waals surface area contributed by atoms with Crippen LogP contribution in [-0.4, -0.2) is 31.8 Å². The topological polar surface area (TPSA) is 110 Å². The summed E-state index contributed by atoms with van der Waals surface area (Å²) in [6.45, 7) is 3.11. The molecule has 3 aromatic heterocycles. The third-order valence-corrected chi connectivity index (χ3v) is 6.01. The number of nitrogen functional groups attached to an aromatic ring is 1. The van der Waals surface area contributed by atoms with Gasteiger partial charge < -0.3 is 16.4 Å². The van der Waals surface area contributed by atoms with Gasteiger partial charge in [0.15, 0.2) is 0 Å². The van der Waals surface area contributed by atoms with E-state index in [0.717, 1.165) is 60.4 Å². The van der Waals surface area contributed by atoms with Gasteiger partial charge in [0.25, 0.3) is 5.91 Å². The molecule has 1 amide bonds. The van der Waals surface area contributed by atoms with Gasteiger partial charge in [-0.15, -0.1) is 0 Å². The molecule has 1 saturated heterocycles. The van der Waals surface area contributed by atoms with E-state index in [4.69, 9.17) is 10.7 Å². The summed E-state index contributed by atoms with van der Waals surface area (Å²) in [5.74, 6) is 1.73. The van der Waals surface area contributed by atoms with Crippen molar-refractivity contribution < 1.29 is 4.79 Å². The Bertz CT molecular complexity index is 1290. The molecule has 8 nitrogen and oxygen atoms in total. The highest BCUT2D eigenvalue weighted by Gasteiger charge is 2.24. The first-order chi connectivity index (χ1) is 16.1. The van der Waals surface area contributed by atoms with E-state index in [1.54, 1.807) is 24.5 Å². The van der Waals surface area contributed by atoms with E-state index in [0.29, 0.717) is 17.2 Å². The van der Waals surface area contributed by atoms with E-state index in [9.17, 15) is 4.79 Å². The molecule has 33 heavy (non-hydrogen) atoms. The zero-order valence-corrected chi connectivity index (χ0v) is 18.6. The second kappa shape index (κ2) is 8.99. The number of nitrogens with zero attached hydrogens (tertiary/aromatic N) is 4. The summed E-state index contributed by atoms with van der Waals surface area (Å²) in [4.78, 5) is 26.2. The SMILES string of the molecule is CCCc1ccnc(NC(=O)c2ccc(-c3nc(C4CCCN4)n4ccnc(N)c34)cc2)c1. The summed E-state index contributed by atoms with van der Waals surface area (Å²) in [7, 11) is 0. The van der Waals surface area contributed by atoms with Crippen LogP contribution in [0.4, 0.5) is 11.6 Å². The van der Waals surface area contributed by atoms with E-state index in [-0.39, 0.29) is 11.9 Å². The molecule has 0 saturated carbocycles. The van der Waals surface area contributed by atoms with Gasteiger partial charge >= 0.3 is 0 Å². The van der Waals surface area contributed by atoms with Gasteiger partial charge in [-0.3, -0.25) is 9.20 Å². The average Bonchev–Trinajstić information content (AvgIpc) is 3.48. The Kier molecular flexibility index (Phi) is 5.75. The number of pyridine rings is 1. The number of rotatable bonds is 6. The maximum absolute atomic E-state index is 12.8. The Morgan fingerprint density at radius 1 is 1.21 bits per heavy atom. The molecule has 1 unspecified atom stereocenters. The van der Waals surface area contributed by atoms with Crippen molar-refractivity contribution in [3.63, 3.8) is 0 Å². The summed E-state index contributed by atoms with van der Waals surface area (Å²) in [6.07, 6.45) is 9.48. The van der Waals surface area contributed by atoms with Gasteiger partial charge in [-0.2, -0.15) is 0 Å². The van der Waals surface area contributed by atoms with E-state index in [2.05, 4.69) is 27.5 Å². The molecule has 8 heteroatoms. The van der Waals surface area contributed by atoms with Crippen molar-refractivity contribution >= 4 is 23.1 Å². The molecule has 4 aromatic rings. The number of hydrogen-bond acceptors (Lipinski definition) is 6. The van der Waals surface area contributed by atoms with Gasteiger partial charge in [-0.05, 0) is 55.6 Å². The molecule has 1 aliphatic heterocycles. The predicted octanol–water partition coefficient (Wildman–Crippen LogP) is 4.00. The molecule has 4 N–H and O–H groups in total. The number of nitrogens with two attached hydrogens (primary N) is 1. The number of aromatic nitrogens is 4. The lowest BCUT2D eigenvalue weighted by molar-refractivity contribution is 0.102. The summed E-state index contributed by atoms with van der Waals surface area (Å²) < 4.78 is 2.02. The number of benzene rings is 1. The van der Waals surface area contributed by atoms with E-state index in [1.165, 1.54) is 0 Å². The molecular formula is C25H27N7O. The maximum atomic E-state index is 12.8. The molecule has 0 aliphatic carbocycles. The zero-order chi connectivity index (χ0) is 22.8. The highest BCUT2D eigenvalue weighted by atomic mass is 16.1. The number of anilines is 2. The van der Waals surface area contributed by atoms with Crippen LogP contribution in [0.25, 0.3) is 16.8 Å². The maximum Gasteiger partial charge on any atom is 0.256 e. The zero-order valence-electron chi connectivity index (χ0n) is 18.6. The number of imidazole rings is 1. The first-order valence-electron chi connectivity index (χ1n) is 11.4. The van der Waals surface area contributed by atoms with Gasteiger partial charge in [-0.1, -0.05) is 25.5 Å². The Morgan fingerprint density at radius 3 is 2.82 bits per heavy atom. The average molecular weight is 442 g/mol. The third-order valence-electron chi connectivity index (χ3n) is 6.01. The number of aryl methyl sites for hydroxylation is 1. The van der Waals surface area contributed by atoms with Crippen molar-refractivity contribution in [2.75, 3.05) is 17.6 Å². The minimum absolute atomic E-state index is 0.189. The Balaban J connectivity index is 1.43. The molecule has 1 aromatic carbocycles. The van der Waals surface area contributed by atoms with Gasteiger partial charge in [0.2, 0.25) is 0 Å². The lowest BCUT2D eigenvalue weighted by atomic mass is 10.1. The lowest BCUT2D eigenvalue weighted by Crippen LogP contribution is -2.16. The molecule has 4 heterocycles. The molecule has 5 rings (SSSR count). The molecule has 1 fully saturated rings. The van der Waals surface area contributed by atoms with Crippen molar-refractivity contribution in [3.8, 4) is 11.3 Å². The minimum Gasteiger partial charge on any atom is -0.382 e. The van der Waals surface area contributed by atoms with Crippen LogP contribution in [-0.2, 0) is 6.42 Å². The summed E-state index contributed by atoms with van der Waals surface area (Å²) in [5.41, 5.74) is 10.4. The van der Waals surface area contributed by atoms with E-state index in [1.807, 2.05) is 34.9 Å². The molecule has 0 bridgehead atoms. The summed E-state index contributed by atoms with van der Waals surface area (Å²) >= 11 is 0.